The van der Waals surface area contributed by atoms with Gasteiger partial charge in [-0.15, -0.1) is 0 Å². The minimum atomic E-state index is -0.485. The Morgan fingerprint density at radius 1 is 1.28 bits per heavy atom. The highest BCUT2D eigenvalue weighted by molar-refractivity contribution is 9.10. The number of anilines is 1. The summed E-state index contributed by atoms with van der Waals surface area (Å²) in [5, 5.41) is 5.74. The number of benzene rings is 1. The van der Waals surface area contributed by atoms with Crippen molar-refractivity contribution in [1.29, 1.82) is 0 Å². The van der Waals surface area contributed by atoms with Gasteiger partial charge in [-0.3, -0.25) is 9.59 Å². The van der Waals surface area contributed by atoms with E-state index in [1.807, 2.05) is 24.3 Å². The van der Waals surface area contributed by atoms with Crippen LogP contribution in [-0.4, -0.2) is 42.0 Å². The van der Waals surface area contributed by atoms with Gasteiger partial charge in [-0.1, -0.05) is 15.9 Å². The fourth-order valence-electron chi connectivity index (χ4n) is 1.90. The fourth-order valence-corrected chi connectivity index (χ4v) is 2.16. The Kier molecular flexibility index (Phi) is 3.68. The van der Waals surface area contributed by atoms with Crippen LogP contribution >= 0.6 is 15.9 Å². The maximum atomic E-state index is 12.0. The molecule has 0 bridgehead atoms. The summed E-state index contributed by atoms with van der Waals surface area (Å²) in [6.45, 7) is 0. The summed E-state index contributed by atoms with van der Waals surface area (Å²) in [4.78, 5) is 23.7. The van der Waals surface area contributed by atoms with E-state index in [4.69, 9.17) is 0 Å². The van der Waals surface area contributed by atoms with E-state index in [-0.39, 0.29) is 18.2 Å². The SMILES string of the molecule is CN(C)N1C(=O)C[C@@H](Nc2ccc(Br)cc2)C1=O. The zero-order chi connectivity index (χ0) is 13.3. The van der Waals surface area contributed by atoms with Crippen LogP contribution in [-0.2, 0) is 9.59 Å². The van der Waals surface area contributed by atoms with Crippen molar-refractivity contribution in [3.8, 4) is 0 Å². The maximum absolute atomic E-state index is 12.0. The Morgan fingerprint density at radius 3 is 2.39 bits per heavy atom. The number of carbonyl (C=O) groups excluding carboxylic acids is 2. The maximum Gasteiger partial charge on any atom is 0.266 e. The highest BCUT2D eigenvalue weighted by Gasteiger charge is 2.39. The van der Waals surface area contributed by atoms with Crippen LogP contribution in [0.2, 0.25) is 0 Å². The normalized spacial score (nSPS) is 19.8. The topological polar surface area (TPSA) is 52.6 Å². The van der Waals surface area contributed by atoms with Gasteiger partial charge in [0.05, 0.1) is 6.42 Å². The monoisotopic (exact) mass is 311 g/mol. The van der Waals surface area contributed by atoms with E-state index in [0.29, 0.717) is 0 Å². The Bertz CT molecular complexity index is 473. The fraction of sp³-hybridized carbons (Fsp3) is 0.333. The van der Waals surface area contributed by atoms with Crippen LogP contribution in [0, 0.1) is 0 Å². The molecule has 1 heterocycles. The average Bonchev–Trinajstić information content (AvgIpc) is 2.57. The van der Waals surface area contributed by atoms with Crippen molar-refractivity contribution < 1.29 is 9.59 Å². The third-order valence-corrected chi connectivity index (χ3v) is 3.24. The summed E-state index contributed by atoms with van der Waals surface area (Å²) >= 11 is 3.34. The van der Waals surface area contributed by atoms with Gasteiger partial charge >= 0.3 is 0 Å². The second kappa shape index (κ2) is 5.07. The summed E-state index contributed by atoms with van der Waals surface area (Å²) in [5.74, 6) is -0.396. The van der Waals surface area contributed by atoms with Crippen LogP contribution in [0.4, 0.5) is 5.69 Å². The molecule has 0 aliphatic carbocycles. The standard InChI is InChI=1S/C12H14BrN3O2/c1-15(2)16-11(17)7-10(12(16)18)14-9-5-3-8(13)4-6-9/h3-6,10,14H,7H2,1-2H3/t10-/m1/s1. The summed E-state index contributed by atoms with van der Waals surface area (Å²) in [6, 6.07) is 7.00. The summed E-state index contributed by atoms with van der Waals surface area (Å²) in [6.07, 6.45) is 0.188. The molecule has 18 heavy (non-hydrogen) atoms. The molecule has 0 unspecified atom stereocenters. The Hall–Kier alpha value is -1.40. The molecule has 2 rings (SSSR count). The molecular formula is C12H14BrN3O2. The van der Waals surface area contributed by atoms with E-state index in [0.717, 1.165) is 15.2 Å². The third-order valence-electron chi connectivity index (χ3n) is 2.71. The summed E-state index contributed by atoms with van der Waals surface area (Å²) in [5.41, 5.74) is 0.824. The number of amides is 2. The minimum Gasteiger partial charge on any atom is -0.373 e. The lowest BCUT2D eigenvalue weighted by Crippen LogP contribution is -2.43. The molecule has 1 aromatic rings. The molecule has 1 atom stereocenters. The number of nitrogens with zero attached hydrogens (tertiary/aromatic N) is 2. The van der Waals surface area contributed by atoms with Crippen LogP contribution in [0.25, 0.3) is 0 Å². The molecule has 96 valence electrons. The van der Waals surface area contributed by atoms with Gasteiger partial charge in [0.2, 0.25) is 5.91 Å². The van der Waals surface area contributed by atoms with E-state index in [1.165, 1.54) is 5.01 Å². The lowest BCUT2D eigenvalue weighted by atomic mass is 10.2. The van der Waals surface area contributed by atoms with Gasteiger partial charge in [-0.05, 0) is 24.3 Å². The van der Waals surface area contributed by atoms with Gasteiger partial charge < -0.3 is 5.32 Å². The summed E-state index contributed by atoms with van der Waals surface area (Å²) in [7, 11) is 3.36. The molecule has 1 aliphatic heterocycles. The van der Waals surface area contributed by atoms with Crippen molar-refractivity contribution >= 4 is 33.4 Å². The number of carbonyl (C=O) groups is 2. The number of halogens is 1. The van der Waals surface area contributed by atoms with E-state index in [2.05, 4.69) is 21.2 Å². The Labute approximate surface area is 114 Å². The van der Waals surface area contributed by atoms with Gasteiger partial charge in [0, 0.05) is 24.3 Å². The predicted octanol–water partition coefficient (Wildman–Crippen LogP) is 1.47. The molecule has 1 N–H and O–H groups in total. The molecule has 1 fully saturated rings. The van der Waals surface area contributed by atoms with E-state index in [1.54, 1.807) is 14.1 Å². The molecular weight excluding hydrogens is 298 g/mol. The van der Waals surface area contributed by atoms with Crippen LogP contribution in [0.3, 0.4) is 0 Å². The van der Waals surface area contributed by atoms with E-state index < -0.39 is 6.04 Å². The van der Waals surface area contributed by atoms with E-state index in [9.17, 15) is 9.59 Å². The van der Waals surface area contributed by atoms with Crippen molar-refractivity contribution in [1.82, 2.24) is 10.0 Å². The number of hydrogen-bond acceptors (Lipinski definition) is 4. The first-order valence-corrected chi connectivity index (χ1v) is 6.34. The lowest BCUT2D eigenvalue weighted by Gasteiger charge is -2.22. The van der Waals surface area contributed by atoms with Crippen LogP contribution in [0.5, 0.6) is 0 Å². The third kappa shape index (κ3) is 2.54. The smallest absolute Gasteiger partial charge is 0.266 e. The minimum absolute atomic E-state index is 0.181. The van der Waals surface area contributed by atoms with Gasteiger partial charge in [0.25, 0.3) is 5.91 Å². The van der Waals surface area contributed by atoms with Gasteiger partial charge in [0.1, 0.15) is 6.04 Å². The molecule has 5 nitrogen and oxygen atoms in total. The van der Waals surface area contributed by atoms with Gasteiger partial charge in [-0.25, -0.2) is 10.0 Å². The first-order chi connectivity index (χ1) is 8.49. The average molecular weight is 312 g/mol. The van der Waals surface area contributed by atoms with Crippen LogP contribution in [0.1, 0.15) is 6.42 Å². The first kappa shape index (κ1) is 13.0. The zero-order valence-electron chi connectivity index (χ0n) is 10.2. The molecule has 2 amide bonds. The number of rotatable bonds is 3. The van der Waals surface area contributed by atoms with Crippen molar-refractivity contribution in [3.63, 3.8) is 0 Å². The number of hydrazine groups is 1. The quantitative estimate of drug-likeness (QED) is 0.859. The summed E-state index contributed by atoms with van der Waals surface area (Å²) < 4.78 is 0.969. The molecule has 0 radical (unpaired) electrons. The number of hydrogen-bond donors (Lipinski definition) is 1. The Balaban J connectivity index is 2.10. The van der Waals surface area contributed by atoms with Gasteiger partial charge in [0.15, 0.2) is 0 Å². The lowest BCUT2D eigenvalue weighted by molar-refractivity contribution is -0.152. The molecule has 6 heteroatoms. The zero-order valence-corrected chi connectivity index (χ0v) is 11.8. The highest BCUT2D eigenvalue weighted by atomic mass is 79.9. The molecule has 1 saturated heterocycles. The second-order valence-electron chi connectivity index (χ2n) is 4.30. The first-order valence-electron chi connectivity index (χ1n) is 5.55. The second-order valence-corrected chi connectivity index (χ2v) is 5.21. The molecule has 0 aromatic heterocycles. The molecule has 0 spiro atoms. The van der Waals surface area contributed by atoms with Crippen molar-refractivity contribution in [2.24, 2.45) is 0 Å². The number of nitrogens with one attached hydrogen (secondary N) is 1. The molecule has 1 aromatic carbocycles. The van der Waals surface area contributed by atoms with E-state index >= 15 is 0 Å². The van der Waals surface area contributed by atoms with Crippen molar-refractivity contribution in [3.05, 3.63) is 28.7 Å². The predicted molar refractivity (Wildman–Crippen MR) is 71.7 cm³/mol. The van der Waals surface area contributed by atoms with Crippen molar-refractivity contribution in [2.45, 2.75) is 12.5 Å². The highest BCUT2D eigenvalue weighted by Crippen LogP contribution is 2.20. The van der Waals surface area contributed by atoms with Crippen molar-refractivity contribution in [2.75, 3.05) is 19.4 Å². The van der Waals surface area contributed by atoms with Gasteiger partial charge in [-0.2, -0.15) is 0 Å². The Morgan fingerprint density at radius 2 is 1.89 bits per heavy atom. The molecule has 0 saturated carbocycles. The largest absolute Gasteiger partial charge is 0.373 e. The molecule has 1 aliphatic rings. The van der Waals surface area contributed by atoms with Crippen LogP contribution < -0.4 is 5.32 Å². The number of imide groups is 1. The van der Waals surface area contributed by atoms with Crippen LogP contribution in [0.15, 0.2) is 28.7 Å².